The first-order chi connectivity index (χ1) is 10.9. The zero-order valence-electron chi connectivity index (χ0n) is 14.4. The number of furan rings is 2. The largest absolute Gasteiger partial charge is 0.386 e. The highest BCUT2D eigenvalue weighted by Crippen LogP contribution is 2.20. The molecule has 1 aromatic carbocycles. The summed E-state index contributed by atoms with van der Waals surface area (Å²) in [6.45, 7) is 11.7. The Balaban J connectivity index is 2.93. The van der Waals surface area contributed by atoms with Crippen LogP contribution in [0.2, 0.25) is 39.3 Å². The van der Waals surface area contributed by atoms with E-state index in [1.807, 2.05) is 39.3 Å². The highest BCUT2D eigenvalue weighted by molar-refractivity contribution is 6.95. The summed E-state index contributed by atoms with van der Waals surface area (Å²) in [6.07, 6.45) is 0. The minimum atomic E-state index is -2.26. The van der Waals surface area contributed by atoms with Gasteiger partial charge >= 0.3 is 22.5 Å². The summed E-state index contributed by atoms with van der Waals surface area (Å²) in [5.41, 5.74) is -2.94. The van der Waals surface area contributed by atoms with Crippen LogP contribution in [-0.2, 0) is 0 Å². The zero-order chi connectivity index (χ0) is 18.2. The molecule has 2 aromatic heterocycles. The molecule has 0 spiro atoms. The smallest absolute Gasteiger partial charge is 0.346 e. The van der Waals surface area contributed by atoms with E-state index in [9.17, 15) is 19.2 Å². The van der Waals surface area contributed by atoms with Crippen molar-refractivity contribution in [1.29, 1.82) is 0 Å². The molecule has 0 N–H and O–H groups in total. The third kappa shape index (κ3) is 2.13. The Hall–Kier alpha value is -2.07. The average molecular weight is 362 g/mol. The lowest BCUT2D eigenvalue weighted by atomic mass is 10.1. The van der Waals surface area contributed by atoms with E-state index in [-0.39, 0.29) is 21.5 Å². The fourth-order valence-electron chi connectivity index (χ4n) is 3.44. The third-order valence-corrected chi connectivity index (χ3v) is 8.19. The summed E-state index contributed by atoms with van der Waals surface area (Å²) in [5, 5.41) is 1.65. The normalized spacial score (nSPS) is 13.2. The van der Waals surface area contributed by atoms with Crippen LogP contribution in [0.25, 0.3) is 21.5 Å². The van der Waals surface area contributed by atoms with Gasteiger partial charge in [0.15, 0.2) is 0 Å². The summed E-state index contributed by atoms with van der Waals surface area (Å²) in [5.74, 6) is 0. The van der Waals surface area contributed by atoms with E-state index in [0.717, 1.165) is 0 Å². The van der Waals surface area contributed by atoms with Crippen molar-refractivity contribution in [2.75, 3.05) is 0 Å². The molecule has 0 unspecified atom stereocenters. The molecule has 3 aromatic rings. The van der Waals surface area contributed by atoms with Gasteiger partial charge in [0.05, 0.1) is 37.7 Å². The maximum absolute atomic E-state index is 12.4. The van der Waals surface area contributed by atoms with Crippen molar-refractivity contribution in [3.8, 4) is 0 Å². The fourth-order valence-corrected chi connectivity index (χ4v) is 7.35. The van der Waals surface area contributed by atoms with Crippen LogP contribution in [-0.4, -0.2) is 16.1 Å². The van der Waals surface area contributed by atoms with Crippen LogP contribution in [0.15, 0.2) is 28.0 Å². The van der Waals surface area contributed by atoms with Gasteiger partial charge in [-0.2, -0.15) is 0 Å². The maximum Gasteiger partial charge on any atom is 0.346 e. The summed E-state index contributed by atoms with van der Waals surface area (Å²) >= 11 is 0. The van der Waals surface area contributed by atoms with E-state index in [1.54, 1.807) is 0 Å². The van der Waals surface area contributed by atoms with E-state index in [1.165, 1.54) is 0 Å². The lowest BCUT2D eigenvalue weighted by Crippen LogP contribution is -2.47. The molecule has 2 heterocycles. The predicted octanol–water partition coefficient (Wildman–Crippen LogP) is 0.586. The van der Waals surface area contributed by atoms with Crippen LogP contribution >= 0.6 is 0 Å². The minimum absolute atomic E-state index is 0.169. The molecule has 0 aliphatic rings. The van der Waals surface area contributed by atoms with Gasteiger partial charge in [-0.3, -0.25) is 0 Å². The van der Waals surface area contributed by atoms with Crippen molar-refractivity contribution in [2.24, 2.45) is 0 Å². The number of hydrogen-bond acceptors (Lipinski definition) is 6. The number of rotatable bonds is 2. The molecule has 3 rings (SSSR count). The second kappa shape index (κ2) is 4.73. The van der Waals surface area contributed by atoms with Gasteiger partial charge in [0.2, 0.25) is 0 Å². The lowest BCUT2D eigenvalue weighted by Gasteiger charge is -2.23. The Bertz CT molecular complexity index is 1020. The van der Waals surface area contributed by atoms with Crippen molar-refractivity contribution in [2.45, 2.75) is 39.3 Å². The molecule has 6 nitrogen and oxygen atoms in total. The topological polar surface area (TPSA) is 94.6 Å². The Morgan fingerprint density at radius 3 is 0.875 bits per heavy atom. The van der Waals surface area contributed by atoms with Gasteiger partial charge in [0.25, 0.3) is 0 Å². The summed E-state index contributed by atoms with van der Waals surface area (Å²) in [4.78, 5) is 49.5. The molecule has 0 aliphatic carbocycles. The van der Waals surface area contributed by atoms with Gasteiger partial charge < -0.3 is 8.83 Å². The van der Waals surface area contributed by atoms with Crippen LogP contribution in [0, 0.1) is 0 Å². The van der Waals surface area contributed by atoms with E-state index >= 15 is 0 Å². The van der Waals surface area contributed by atoms with Crippen LogP contribution in [0.5, 0.6) is 0 Å². The Kier molecular flexibility index (Phi) is 3.31. The van der Waals surface area contributed by atoms with Crippen molar-refractivity contribution in [1.82, 2.24) is 0 Å². The Morgan fingerprint density at radius 1 is 0.500 bits per heavy atom. The minimum Gasteiger partial charge on any atom is -0.386 e. The Morgan fingerprint density at radius 2 is 0.708 bits per heavy atom. The summed E-state index contributed by atoms with van der Waals surface area (Å²) in [6, 6.07) is 0. The molecule has 24 heavy (non-hydrogen) atoms. The van der Waals surface area contributed by atoms with Crippen LogP contribution in [0.1, 0.15) is 0 Å². The van der Waals surface area contributed by atoms with E-state index in [2.05, 4.69) is 0 Å². The van der Waals surface area contributed by atoms with Crippen molar-refractivity contribution in [3.05, 3.63) is 41.7 Å². The molecule has 0 saturated heterocycles. The van der Waals surface area contributed by atoms with Crippen LogP contribution in [0.3, 0.4) is 0 Å². The first-order valence-electron chi connectivity index (χ1n) is 7.63. The zero-order valence-corrected chi connectivity index (χ0v) is 16.4. The summed E-state index contributed by atoms with van der Waals surface area (Å²) < 4.78 is 9.71. The Labute approximate surface area is 138 Å². The van der Waals surface area contributed by atoms with Crippen LogP contribution < -0.4 is 32.9 Å². The molecule has 126 valence electrons. The van der Waals surface area contributed by atoms with Gasteiger partial charge in [0, 0.05) is 0 Å². The van der Waals surface area contributed by atoms with Gasteiger partial charge in [-0.05, 0) is 10.4 Å². The first-order valence-corrected chi connectivity index (χ1v) is 14.6. The second-order valence-electron chi connectivity index (χ2n) is 8.10. The molecular formula is C16H18O6Si2. The van der Waals surface area contributed by atoms with Crippen LogP contribution in [0.4, 0.5) is 0 Å². The number of fused-ring (bicyclic) bond motifs is 2. The third-order valence-electron chi connectivity index (χ3n) is 4.19. The lowest BCUT2D eigenvalue weighted by molar-refractivity contribution is 0.499. The monoisotopic (exact) mass is 362 g/mol. The summed E-state index contributed by atoms with van der Waals surface area (Å²) in [7, 11) is -4.53. The molecule has 0 fully saturated rings. The van der Waals surface area contributed by atoms with Gasteiger partial charge in [-0.1, -0.05) is 39.3 Å². The van der Waals surface area contributed by atoms with Crippen molar-refractivity contribution >= 4 is 48.1 Å². The fraction of sp³-hybridized carbons (Fsp3) is 0.375. The van der Waals surface area contributed by atoms with E-state index in [0.29, 0.717) is 10.4 Å². The highest BCUT2D eigenvalue weighted by Gasteiger charge is 2.36. The van der Waals surface area contributed by atoms with Crippen molar-refractivity contribution < 1.29 is 8.83 Å². The average Bonchev–Trinajstić information content (AvgIpc) is 2.84. The second-order valence-corrected chi connectivity index (χ2v) is 18.1. The number of benzene rings is 1. The SMILES string of the molecule is C[Si](C)(C)c1c2c(=O)oc(=O)c2c([Si](C)(C)C)c2c(=O)oc(=O)c12. The van der Waals surface area contributed by atoms with Gasteiger partial charge in [0.1, 0.15) is 0 Å². The quantitative estimate of drug-likeness (QED) is 0.619. The molecule has 0 saturated carbocycles. The maximum atomic E-state index is 12.4. The van der Waals surface area contributed by atoms with Gasteiger partial charge in [-0.25, -0.2) is 19.2 Å². The highest BCUT2D eigenvalue weighted by atomic mass is 28.3. The molecule has 0 radical (unpaired) electrons. The molecule has 0 amide bonds. The molecule has 0 aliphatic heterocycles. The van der Waals surface area contributed by atoms with Crippen molar-refractivity contribution in [3.63, 3.8) is 0 Å². The molecule has 0 bridgehead atoms. The number of hydrogen-bond donors (Lipinski definition) is 0. The first kappa shape index (κ1) is 16.8. The predicted molar refractivity (Wildman–Crippen MR) is 99.4 cm³/mol. The van der Waals surface area contributed by atoms with Gasteiger partial charge in [-0.15, -0.1) is 0 Å². The van der Waals surface area contributed by atoms with E-state index < -0.39 is 38.7 Å². The van der Waals surface area contributed by atoms with E-state index in [4.69, 9.17) is 8.83 Å². The molecular weight excluding hydrogens is 344 g/mol. The molecule has 0 atom stereocenters. The molecule has 8 heteroatoms. The standard InChI is InChI=1S/C16H18O6Si2/c1-23(2,3)11-7-9(15(19)21-13(7)17)12(24(4,5)6)10-8(11)14(18)22-16(10)20/h1-6H3.